The maximum Gasteiger partial charge on any atom is 0.341 e. The average Bonchev–Trinajstić information content (AvgIpc) is 2.78. The van der Waals surface area contributed by atoms with E-state index in [1.54, 1.807) is 0 Å². The van der Waals surface area contributed by atoms with Crippen molar-refractivity contribution in [1.82, 2.24) is 0 Å². The predicted octanol–water partition coefficient (Wildman–Crippen LogP) is -8.49. The lowest BCUT2D eigenvalue weighted by atomic mass is 9.88. The fraction of sp³-hybridized carbons (Fsp3) is 0.875. The molecule has 0 heterocycles. The molecule has 0 saturated carbocycles. The molecule has 2 unspecified atom stereocenters. The highest BCUT2D eigenvalue weighted by molar-refractivity contribution is 5.79. The summed E-state index contributed by atoms with van der Waals surface area (Å²) in [5.74, 6) is -4.58. The summed E-state index contributed by atoms with van der Waals surface area (Å²) in [5, 5.41) is 133. The molecule has 17 nitrogen and oxygen atoms in total. The number of hydrogen-bond acceptors (Lipinski definition) is 15. The molecule has 0 fully saturated rings. The maximum absolute atomic E-state index is 11.4. The summed E-state index contributed by atoms with van der Waals surface area (Å²) >= 11 is 0. The Balaban J connectivity index is 5.60. The molecule has 33 heavy (non-hydrogen) atoms. The molecule has 0 spiro atoms. The van der Waals surface area contributed by atoms with Crippen LogP contribution in [0.3, 0.4) is 0 Å². The normalized spacial score (nSPS) is 23.2. The van der Waals surface area contributed by atoms with Gasteiger partial charge >= 0.3 is 11.9 Å². The third-order valence-corrected chi connectivity index (χ3v) is 4.87. The summed E-state index contributed by atoms with van der Waals surface area (Å²) < 4.78 is 4.57. The van der Waals surface area contributed by atoms with Gasteiger partial charge in [0, 0.05) is 0 Å². The van der Waals surface area contributed by atoms with Gasteiger partial charge in [-0.1, -0.05) is 0 Å². The lowest BCUT2D eigenvalue weighted by Gasteiger charge is -2.36. The molecular formula is C16H30O17. The van der Waals surface area contributed by atoms with E-state index in [4.69, 9.17) is 10.2 Å². The second-order valence-corrected chi connectivity index (χ2v) is 7.30. The number of aliphatic hydroxyl groups is 12. The van der Waals surface area contributed by atoms with E-state index in [0.29, 0.717) is 0 Å². The lowest BCUT2D eigenvalue weighted by Crippen LogP contribution is -2.64. The highest BCUT2D eigenvalue weighted by Crippen LogP contribution is 2.22. The van der Waals surface area contributed by atoms with Gasteiger partial charge in [-0.15, -0.1) is 0 Å². The van der Waals surface area contributed by atoms with Gasteiger partial charge in [-0.25, -0.2) is 9.59 Å². The minimum Gasteiger partial charge on any atom is -0.479 e. The molecule has 0 aromatic rings. The first kappa shape index (κ1) is 31.4. The van der Waals surface area contributed by atoms with Gasteiger partial charge in [0.05, 0.1) is 26.4 Å². The van der Waals surface area contributed by atoms with E-state index in [9.17, 15) is 70.9 Å². The first-order chi connectivity index (χ1) is 15.0. The van der Waals surface area contributed by atoms with Crippen LogP contribution >= 0.6 is 0 Å². The smallest absolute Gasteiger partial charge is 0.341 e. The number of carbonyl (C=O) groups is 2. The molecule has 10 atom stereocenters. The minimum absolute atomic E-state index is 1.13. The van der Waals surface area contributed by atoms with E-state index in [-0.39, 0.29) is 0 Å². The quantitative estimate of drug-likeness (QED) is 0.0946. The van der Waals surface area contributed by atoms with Crippen LogP contribution in [0, 0.1) is 0 Å². The first-order valence-electron chi connectivity index (χ1n) is 9.18. The summed E-state index contributed by atoms with van der Waals surface area (Å²) in [6.45, 7) is -5.48. The van der Waals surface area contributed by atoms with Gasteiger partial charge in [0.25, 0.3) is 0 Å². The zero-order valence-electron chi connectivity index (χ0n) is 16.9. The number of aliphatic carboxylic acids is 2. The zero-order chi connectivity index (χ0) is 26.3. The number of hydrogen-bond donors (Lipinski definition) is 14. The molecule has 0 aliphatic rings. The Morgan fingerprint density at radius 2 is 0.879 bits per heavy atom. The van der Waals surface area contributed by atoms with E-state index in [1.165, 1.54) is 0 Å². The maximum atomic E-state index is 11.4. The fourth-order valence-electron chi connectivity index (χ4n) is 2.52. The van der Waals surface area contributed by atoms with Gasteiger partial charge in [0.1, 0.15) is 48.8 Å². The average molecular weight is 494 g/mol. The molecule has 17 heteroatoms. The summed E-state index contributed by atoms with van der Waals surface area (Å²) in [6.07, 6.45) is -19.7. The van der Waals surface area contributed by atoms with Crippen molar-refractivity contribution >= 4 is 11.9 Å². The van der Waals surface area contributed by atoms with Crippen LogP contribution in [0.1, 0.15) is 0 Å². The highest BCUT2D eigenvalue weighted by Gasteiger charge is 2.53. The van der Waals surface area contributed by atoms with Crippen molar-refractivity contribution in [2.75, 3.05) is 26.4 Å². The van der Waals surface area contributed by atoms with Gasteiger partial charge in [-0.2, -0.15) is 0 Å². The van der Waals surface area contributed by atoms with Crippen LogP contribution in [0.15, 0.2) is 0 Å². The Kier molecular flexibility index (Phi) is 12.2. The van der Waals surface area contributed by atoms with Crippen molar-refractivity contribution in [2.45, 2.75) is 60.0 Å². The summed E-state index contributed by atoms with van der Waals surface area (Å²) in [5.41, 5.74) is -7.02. The third-order valence-electron chi connectivity index (χ3n) is 4.87. The molecule has 0 saturated heterocycles. The molecule has 0 radical (unpaired) electrons. The van der Waals surface area contributed by atoms with Crippen LogP contribution < -0.4 is 0 Å². The molecule has 0 aromatic heterocycles. The zero-order valence-corrected chi connectivity index (χ0v) is 16.9. The van der Waals surface area contributed by atoms with Crippen LogP contribution in [0.4, 0.5) is 0 Å². The number of rotatable bonds is 16. The molecule has 196 valence electrons. The molecular weight excluding hydrogens is 464 g/mol. The molecule has 0 amide bonds. The van der Waals surface area contributed by atoms with Gasteiger partial charge in [0.2, 0.25) is 11.2 Å². The molecule has 0 bridgehead atoms. The Morgan fingerprint density at radius 1 is 0.606 bits per heavy atom. The number of carboxylic acids is 2. The number of aliphatic hydroxyl groups excluding tert-OH is 10. The van der Waals surface area contributed by atoms with E-state index in [1.807, 2.05) is 0 Å². The standard InChI is InChI=1S/C16H30O17/c17-1-5(19)7(21)9(23)11(25)15(31,13(27)28)3-33-4-16(32,14(29)30)12(26)10(24)8(22)6(20)2-18/h5-12,17-26,31-32H,1-4H2,(H,27,28)(H,29,30)/t5-,6-,7-,8-,9+,10+,11-,12-,15?,16?/m1/s1. The van der Waals surface area contributed by atoms with Gasteiger partial charge in [0.15, 0.2) is 0 Å². The van der Waals surface area contributed by atoms with Crippen LogP contribution in [0.25, 0.3) is 0 Å². The summed E-state index contributed by atoms with van der Waals surface area (Å²) in [4.78, 5) is 22.8. The minimum atomic E-state index is -3.51. The Labute approximate surface area is 185 Å². The largest absolute Gasteiger partial charge is 0.479 e. The first-order valence-corrected chi connectivity index (χ1v) is 9.18. The van der Waals surface area contributed by atoms with E-state index in [2.05, 4.69) is 4.74 Å². The van der Waals surface area contributed by atoms with Crippen molar-refractivity contribution in [3.63, 3.8) is 0 Å². The molecule has 0 aromatic carbocycles. The fourth-order valence-corrected chi connectivity index (χ4v) is 2.52. The lowest BCUT2D eigenvalue weighted by molar-refractivity contribution is -0.224. The molecule has 0 aliphatic heterocycles. The molecule has 0 aliphatic carbocycles. The van der Waals surface area contributed by atoms with E-state index in [0.717, 1.165) is 0 Å². The second-order valence-electron chi connectivity index (χ2n) is 7.30. The van der Waals surface area contributed by atoms with Crippen LogP contribution in [0.2, 0.25) is 0 Å². The van der Waals surface area contributed by atoms with Crippen molar-refractivity contribution in [3.8, 4) is 0 Å². The molecule has 0 rings (SSSR count). The Morgan fingerprint density at radius 3 is 1.09 bits per heavy atom. The number of carboxylic acid groups (broad SMARTS) is 2. The Hall–Kier alpha value is -1.58. The van der Waals surface area contributed by atoms with Crippen molar-refractivity contribution < 1.29 is 85.8 Å². The van der Waals surface area contributed by atoms with E-state index >= 15 is 0 Å². The van der Waals surface area contributed by atoms with Crippen LogP contribution in [0.5, 0.6) is 0 Å². The van der Waals surface area contributed by atoms with Gasteiger partial charge in [-0.05, 0) is 0 Å². The third kappa shape index (κ3) is 7.20. The van der Waals surface area contributed by atoms with Crippen molar-refractivity contribution in [2.24, 2.45) is 0 Å². The highest BCUT2D eigenvalue weighted by atomic mass is 16.5. The van der Waals surface area contributed by atoms with Crippen LogP contribution in [-0.2, 0) is 14.3 Å². The predicted molar refractivity (Wildman–Crippen MR) is 98.2 cm³/mol. The van der Waals surface area contributed by atoms with Crippen LogP contribution in [-0.4, -0.2) is 170 Å². The van der Waals surface area contributed by atoms with E-state index < -0.39 is 98.4 Å². The SMILES string of the molecule is O=C(O)C(O)(COCC(O)(C(=O)O)[C@H](O)[C@@H](O)[C@H](O)[C@H](O)CO)[C@H](O)[C@@H](O)[C@H](O)[C@H](O)CO. The topological polar surface area (TPSA) is 327 Å². The van der Waals surface area contributed by atoms with Gasteiger partial charge in [-0.3, -0.25) is 0 Å². The monoisotopic (exact) mass is 494 g/mol. The summed E-state index contributed by atoms with van der Waals surface area (Å²) in [7, 11) is 0. The number of ether oxygens (including phenoxy) is 1. The Bertz CT molecular complexity index is 580. The second kappa shape index (κ2) is 12.8. The summed E-state index contributed by atoms with van der Waals surface area (Å²) in [6, 6.07) is 0. The van der Waals surface area contributed by atoms with Crippen molar-refractivity contribution in [1.29, 1.82) is 0 Å². The van der Waals surface area contributed by atoms with Crippen molar-refractivity contribution in [3.05, 3.63) is 0 Å². The molecule has 14 N–H and O–H groups in total. The van der Waals surface area contributed by atoms with Gasteiger partial charge < -0.3 is 76.2 Å².